The number of sulfone groups is 1. The lowest BCUT2D eigenvalue weighted by Gasteiger charge is -2.33. The highest BCUT2D eigenvalue weighted by atomic mass is 32.2. The first-order valence-electron chi connectivity index (χ1n) is 9.10. The number of rotatable bonds is 7. The van der Waals surface area contributed by atoms with Crippen LogP contribution < -0.4 is 10.1 Å². The van der Waals surface area contributed by atoms with Crippen molar-refractivity contribution in [2.75, 3.05) is 37.7 Å². The third-order valence-electron chi connectivity index (χ3n) is 4.57. The van der Waals surface area contributed by atoms with Crippen LogP contribution in [0.2, 0.25) is 0 Å². The van der Waals surface area contributed by atoms with Crippen LogP contribution in [0.1, 0.15) is 11.6 Å². The molecule has 1 aliphatic rings. The summed E-state index contributed by atoms with van der Waals surface area (Å²) in [6.45, 7) is 1.08. The predicted molar refractivity (Wildman–Crippen MR) is 104 cm³/mol. The summed E-state index contributed by atoms with van der Waals surface area (Å²) >= 11 is 0. The molecular weight excluding hydrogens is 383 g/mol. The van der Waals surface area contributed by atoms with Gasteiger partial charge in [0.2, 0.25) is 5.91 Å². The highest BCUT2D eigenvalue weighted by Gasteiger charge is 2.32. The molecule has 28 heavy (non-hydrogen) atoms. The van der Waals surface area contributed by atoms with E-state index in [-0.39, 0.29) is 36.4 Å². The van der Waals surface area contributed by atoms with Gasteiger partial charge in [-0.3, -0.25) is 9.69 Å². The lowest BCUT2D eigenvalue weighted by atomic mass is 10.0. The highest BCUT2D eigenvalue weighted by molar-refractivity contribution is 7.91. The number of hydrogen-bond donors (Lipinski definition) is 1. The summed E-state index contributed by atoms with van der Waals surface area (Å²) in [7, 11) is -3.04. The van der Waals surface area contributed by atoms with Crippen molar-refractivity contribution in [2.45, 2.75) is 6.04 Å². The second-order valence-electron chi connectivity index (χ2n) is 6.60. The van der Waals surface area contributed by atoms with Crippen molar-refractivity contribution >= 4 is 15.7 Å². The quantitative estimate of drug-likeness (QED) is 0.710. The third kappa shape index (κ3) is 5.53. The molecule has 2 aromatic rings. The Bertz CT molecular complexity index is 891. The van der Waals surface area contributed by atoms with Crippen LogP contribution in [0.15, 0.2) is 54.6 Å². The number of nitrogens with zero attached hydrogens (tertiary/aromatic N) is 1. The van der Waals surface area contributed by atoms with Crippen LogP contribution in [0.5, 0.6) is 5.75 Å². The van der Waals surface area contributed by atoms with Crippen LogP contribution in [-0.4, -0.2) is 57.0 Å². The minimum Gasteiger partial charge on any atom is -0.492 e. The maximum atomic E-state index is 13.2. The van der Waals surface area contributed by atoms with Gasteiger partial charge in [-0.15, -0.1) is 0 Å². The maximum absolute atomic E-state index is 13.2. The Morgan fingerprint density at radius 2 is 1.82 bits per heavy atom. The van der Waals surface area contributed by atoms with E-state index < -0.39 is 15.9 Å². The molecule has 0 radical (unpaired) electrons. The van der Waals surface area contributed by atoms with Crippen LogP contribution >= 0.6 is 0 Å². The van der Waals surface area contributed by atoms with E-state index in [1.807, 2.05) is 35.2 Å². The summed E-state index contributed by atoms with van der Waals surface area (Å²) in [6.07, 6.45) is 0. The molecule has 8 heteroatoms. The van der Waals surface area contributed by atoms with Gasteiger partial charge in [-0.2, -0.15) is 0 Å². The fraction of sp³-hybridized carbons (Fsp3) is 0.350. The summed E-state index contributed by atoms with van der Waals surface area (Å²) < 4.78 is 42.1. The van der Waals surface area contributed by atoms with E-state index >= 15 is 0 Å². The predicted octanol–water partition coefficient (Wildman–Crippen LogP) is 1.79. The topological polar surface area (TPSA) is 75.7 Å². The second kappa shape index (κ2) is 9.16. The number of hydrogen-bond acceptors (Lipinski definition) is 5. The molecule has 2 aromatic carbocycles. The molecule has 1 aliphatic heterocycles. The van der Waals surface area contributed by atoms with Gasteiger partial charge in [0.1, 0.15) is 24.2 Å². The average Bonchev–Trinajstić information content (AvgIpc) is 2.68. The van der Waals surface area contributed by atoms with E-state index in [0.717, 1.165) is 5.56 Å². The zero-order valence-electron chi connectivity index (χ0n) is 15.4. The SMILES string of the molecule is O=C(NCCOc1cccc(F)c1)C(c1ccccc1)N1CCS(=O)(=O)CC1. The molecule has 150 valence electrons. The summed E-state index contributed by atoms with van der Waals surface area (Å²) in [5, 5.41) is 2.84. The van der Waals surface area contributed by atoms with E-state index in [1.54, 1.807) is 12.1 Å². The fourth-order valence-corrected chi connectivity index (χ4v) is 4.37. The van der Waals surface area contributed by atoms with Gasteiger partial charge < -0.3 is 10.1 Å². The molecule has 0 bridgehead atoms. The van der Waals surface area contributed by atoms with Crippen molar-refractivity contribution in [3.63, 3.8) is 0 Å². The maximum Gasteiger partial charge on any atom is 0.242 e. The van der Waals surface area contributed by atoms with Crippen molar-refractivity contribution in [2.24, 2.45) is 0 Å². The summed E-state index contributed by atoms with van der Waals surface area (Å²) in [5.74, 6) is -0.104. The minimum absolute atomic E-state index is 0.0479. The average molecular weight is 406 g/mol. The van der Waals surface area contributed by atoms with Gasteiger partial charge in [-0.05, 0) is 17.7 Å². The van der Waals surface area contributed by atoms with Crippen molar-refractivity contribution in [3.8, 4) is 5.75 Å². The Morgan fingerprint density at radius 1 is 1.11 bits per heavy atom. The van der Waals surface area contributed by atoms with E-state index in [9.17, 15) is 17.6 Å². The molecule has 1 heterocycles. The van der Waals surface area contributed by atoms with Crippen molar-refractivity contribution in [1.29, 1.82) is 0 Å². The van der Waals surface area contributed by atoms with Gasteiger partial charge in [0.05, 0.1) is 18.1 Å². The smallest absolute Gasteiger partial charge is 0.242 e. The highest BCUT2D eigenvalue weighted by Crippen LogP contribution is 2.23. The van der Waals surface area contributed by atoms with Gasteiger partial charge in [0.15, 0.2) is 9.84 Å². The Morgan fingerprint density at radius 3 is 2.50 bits per heavy atom. The van der Waals surface area contributed by atoms with Crippen LogP contribution in [0.25, 0.3) is 0 Å². The Hall–Kier alpha value is -2.45. The molecule has 1 atom stereocenters. The third-order valence-corrected chi connectivity index (χ3v) is 6.18. The first-order valence-corrected chi connectivity index (χ1v) is 10.9. The zero-order chi connectivity index (χ0) is 20.0. The first-order chi connectivity index (χ1) is 13.4. The molecule has 0 aromatic heterocycles. The lowest BCUT2D eigenvalue weighted by molar-refractivity contribution is -0.126. The van der Waals surface area contributed by atoms with Gasteiger partial charge >= 0.3 is 0 Å². The minimum atomic E-state index is -3.04. The van der Waals surface area contributed by atoms with Crippen LogP contribution in [0.3, 0.4) is 0 Å². The summed E-state index contributed by atoms with van der Waals surface area (Å²) in [4.78, 5) is 14.7. The summed E-state index contributed by atoms with van der Waals surface area (Å²) in [5.41, 5.74) is 0.811. The molecule has 0 spiro atoms. The van der Waals surface area contributed by atoms with Gasteiger partial charge in [-0.1, -0.05) is 36.4 Å². The number of carbonyl (C=O) groups excluding carboxylic acids is 1. The Kier molecular flexibility index (Phi) is 6.64. The fourth-order valence-electron chi connectivity index (χ4n) is 3.14. The van der Waals surface area contributed by atoms with Crippen molar-refractivity contribution < 1.29 is 22.3 Å². The van der Waals surface area contributed by atoms with Crippen LogP contribution in [0.4, 0.5) is 4.39 Å². The Labute approximate surface area is 164 Å². The monoisotopic (exact) mass is 406 g/mol. The van der Waals surface area contributed by atoms with E-state index in [0.29, 0.717) is 18.8 Å². The number of nitrogens with one attached hydrogen (secondary N) is 1. The summed E-state index contributed by atoms with van der Waals surface area (Å²) in [6, 6.07) is 14.5. The molecule has 1 unspecified atom stereocenters. The van der Waals surface area contributed by atoms with E-state index in [2.05, 4.69) is 5.32 Å². The van der Waals surface area contributed by atoms with Gasteiger partial charge in [-0.25, -0.2) is 12.8 Å². The molecular formula is C20H23FN2O4S. The van der Waals surface area contributed by atoms with Crippen LogP contribution in [0, 0.1) is 5.82 Å². The number of carbonyl (C=O) groups is 1. The number of benzene rings is 2. The molecule has 0 aliphatic carbocycles. The van der Waals surface area contributed by atoms with Gasteiger partial charge in [0, 0.05) is 19.2 Å². The standard InChI is InChI=1S/C20H23FN2O4S/c21-17-7-4-8-18(15-17)27-12-9-22-20(24)19(16-5-2-1-3-6-16)23-10-13-28(25,26)14-11-23/h1-8,15,19H,9-14H2,(H,22,24). The van der Waals surface area contributed by atoms with Crippen molar-refractivity contribution in [1.82, 2.24) is 10.2 Å². The lowest BCUT2D eigenvalue weighted by Crippen LogP contribution is -2.48. The Balaban J connectivity index is 1.60. The largest absolute Gasteiger partial charge is 0.492 e. The van der Waals surface area contributed by atoms with E-state index in [4.69, 9.17) is 4.74 Å². The van der Waals surface area contributed by atoms with Crippen LogP contribution in [-0.2, 0) is 14.6 Å². The molecule has 1 fully saturated rings. The normalized spacial score (nSPS) is 17.6. The molecule has 1 amide bonds. The molecule has 6 nitrogen and oxygen atoms in total. The zero-order valence-corrected chi connectivity index (χ0v) is 16.2. The molecule has 0 saturated carbocycles. The second-order valence-corrected chi connectivity index (χ2v) is 8.90. The number of halogens is 1. The van der Waals surface area contributed by atoms with Crippen molar-refractivity contribution in [3.05, 3.63) is 66.0 Å². The van der Waals surface area contributed by atoms with E-state index in [1.165, 1.54) is 12.1 Å². The molecule has 1 saturated heterocycles. The molecule has 3 rings (SSSR count). The molecule has 1 N–H and O–H groups in total. The first kappa shape index (κ1) is 20.3. The number of amides is 1. The van der Waals surface area contributed by atoms with Gasteiger partial charge in [0.25, 0.3) is 0 Å². The number of ether oxygens (including phenoxy) is 1.